The number of carbonyl (C=O) groups excluding carboxylic acids is 1. The topological polar surface area (TPSA) is 79.7 Å². The van der Waals surface area contributed by atoms with Gasteiger partial charge in [-0.25, -0.2) is 8.42 Å². The molecule has 6 nitrogen and oxygen atoms in total. The second-order valence-corrected chi connectivity index (χ2v) is 9.03. The molecule has 0 spiro atoms. The number of rotatable bonds is 8. The first kappa shape index (κ1) is 21.5. The summed E-state index contributed by atoms with van der Waals surface area (Å²) in [7, 11) is 0.335. The number of sulfonamides is 1. The Morgan fingerprint density at radius 3 is 2.17 bits per heavy atom. The second kappa shape index (κ2) is 9.56. The SMILES string of the molecule is C[NH+](C)C[C@@H](NC(=O)c1cccc(NS(=O)(=O)c2ccccc2)c1)c1ccccc1. The van der Waals surface area contributed by atoms with Gasteiger partial charge in [0.25, 0.3) is 15.9 Å². The molecule has 0 aromatic heterocycles. The van der Waals surface area contributed by atoms with Crippen molar-refractivity contribution in [3.63, 3.8) is 0 Å². The fraction of sp³-hybridized carbons (Fsp3) is 0.174. The van der Waals surface area contributed by atoms with E-state index in [4.69, 9.17) is 0 Å². The average Bonchev–Trinajstić information content (AvgIpc) is 2.74. The van der Waals surface area contributed by atoms with Crippen molar-refractivity contribution >= 4 is 21.6 Å². The molecular formula is C23H26N3O3S+. The van der Waals surface area contributed by atoms with E-state index in [9.17, 15) is 13.2 Å². The number of anilines is 1. The maximum atomic E-state index is 12.9. The van der Waals surface area contributed by atoms with Crippen LogP contribution in [-0.4, -0.2) is 35.0 Å². The summed E-state index contributed by atoms with van der Waals surface area (Å²) in [6.07, 6.45) is 0. The van der Waals surface area contributed by atoms with E-state index in [0.717, 1.165) is 12.1 Å². The first-order chi connectivity index (χ1) is 14.3. The van der Waals surface area contributed by atoms with Gasteiger partial charge in [-0.2, -0.15) is 0 Å². The number of carbonyl (C=O) groups is 1. The van der Waals surface area contributed by atoms with E-state index < -0.39 is 10.0 Å². The Bertz CT molecular complexity index is 1080. The molecule has 30 heavy (non-hydrogen) atoms. The Morgan fingerprint density at radius 1 is 0.900 bits per heavy atom. The quantitative estimate of drug-likeness (QED) is 0.518. The summed E-state index contributed by atoms with van der Waals surface area (Å²) in [5.41, 5.74) is 1.74. The van der Waals surface area contributed by atoms with Gasteiger partial charge in [0.15, 0.2) is 0 Å². The zero-order chi connectivity index (χ0) is 21.6. The van der Waals surface area contributed by atoms with Gasteiger partial charge in [0.1, 0.15) is 12.6 Å². The van der Waals surface area contributed by atoms with Gasteiger partial charge in [0.05, 0.1) is 19.0 Å². The van der Waals surface area contributed by atoms with E-state index in [2.05, 4.69) is 10.0 Å². The molecule has 0 aliphatic rings. The van der Waals surface area contributed by atoms with Crippen molar-refractivity contribution in [2.75, 3.05) is 25.4 Å². The molecule has 7 heteroatoms. The van der Waals surface area contributed by atoms with Crippen molar-refractivity contribution in [2.24, 2.45) is 0 Å². The van der Waals surface area contributed by atoms with Crippen LogP contribution in [0.25, 0.3) is 0 Å². The van der Waals surface area contributed by atoms with Crippen molar-refractivity contribution in [1.29, 1.82) is 0 Å². The van der Waals surface area contributed by atoms with Gasteiger partial charge >= 0.3 is 0 Å². The van der Waals surface area contributed by atoms with E-state index in [-0.39, 0.29) is 16.8 Å². The molecule has 0 heterocycles. The minimum atomic E-state index is -3.72. The zero-order valence-electron chi connectivity index (χ0n) is 17.0. The zero-order valence-corrected chi connectivity index (χ0v) is 17.8. The van der Waals surface area contributed by atoms with Gasteiger partial charge < -0.3 is 10.2 Å². The number of amides is 1. The monoisotopic (exact) mass is 424 g/mol. The summed E-state index contributed by atoms with van der Waals surface area (Å²) in [5, 5.41) is 3.07. The molecule has 1 amide bonds. The largest absolute Gasteiger partial charge is 0.340 e. The van der Waals surface area contributed by atoms with Gasteiger partial charge in [-0.3, -0.25) is 9.52 Å². The molecule has 0 saturated carbocycles. The van der Waals surface area contributed by atoms with Crippen molar-refractivity contribution in [3.05, 3.63) is 96.1 Å². The van der Waals surface area contributed by atoms with Crippen LogP contribution < -0.4 is 14.9 Å². The summed E-state index contributed by atoms with van der Waals surface area (Å²) in [6, 6.07) is 24.2. The molecule has 3 rings (SSSR count). The molecule has 0 aliphatic carbocycles. The Balaban J connectivity index is 1.78. The maximum absolute atomic E-state index is 12.9. The maximum Gasteiger partial charge on any atom is 0.261 e. The van der Waals surface area contributed by atoms with Crippen LogP contribution in [0.15, 0.2) is 89.8 Å². The molecule has 0 fully saturated rings. The first-order valence-electron chi connectivity index (χ1n) is 9.68. The summed E-state index contributed by atoms with van der Waals surface area (Å²) in [6.45, 7) is 0.718. The first-order valence-corrected chi connectivity index (χ1v) is 11.2. The molecule has 156 valence electrons. The summed E-state index contributed by atoms with van der Waals surface area (Å²) >= 11 is 0. The normalized spacial score (nSPS) is 12.4. The molecule has 1 atom stereocenters. The van der Waals surface area contributed by atoms with Gasteiger partial charge in [-0.15, -0.1) is 0 Å². The number of benzene rings is 3. The van der Waals surface area contributed by atoms with Gasteiger partial charge in [-0.05, 0) is 35.9 Å². The number of hydrogen-bond donors (Lipinski definition) is 3. The summed E-state index contributed by atoms with van der Waals surface area (Å²) in [4.78, 5) is 14.3. The van der Waals surface area contributed by atoms with Crippen molar-refractivity contribution in [2.45, 2.75) is 10.9 Å². The predicted molar refractivity (Wildman–Crippen MR) is 118 cm³/mol. The van der Waals surface area contributed by atoms with Gasteiger partial charge in [0.2, 0.25) is 0 Å². The Kier molecular flexibility index (Phi) is 6.87. The number of nitrogens with one attached hydrogen (secondary N) is 3. The van der Waals surface area contributed by atoms with Crippen LogP contribution in [0.2, 0.25) is 0 Å². The third-order valence-electron chi connectivity index (χ3n) is 4.55. The fourth-order valence-corrected chi connectivity index (χ4v) is 4.20. The summed E-state index contributed by atoms with van der Waals surface area (Å²) < 4.78 is 27.6. The van der Waals surface area contributed by atoms with E-state index in [1.54, 1.807) is 42.5 Å². The smallest absolute Gasteiger partial charge is 0.261 e. The van der Waals surface area contributed by atoms with Crippen LogP contribution in [0, 0.1) is 0 Å². The third kappa shape index (κ3) is 5.68. The lowest BCUT2D eigenvalue weighted by Crippen LogP contribution is -3.06. The second-order valence-electron chi connectivity index (χ2n) is 7.35. The highest BCUT2D eigenvalue weighted by atomic mass is 32.2. The van der Waals surface area contributed by atoms with E-state index in [1.165, 1.54) is 17.0 Å². The predicted octanol–water partition coefficient (Wildman–Crippen LogP) is 2.10. The molecular weight excluding hydrogens is 398 g/mol. The van der Waals surface area contributed by atoms with Crippen LogP contribution in [0.5, 0.6) is 0 Å². The van der Waals surface area contributed by atoms with Crippen LogP contribution in [0.1, 0.15) is 22.0 Å². The minimum Gasteiger partial charge on any atom is -0.340 e. The standard InChI is InChI=1S/C23H25N3O3S/c1-26(2)17-22(18-10-5-3-6-11-18)24-23(27)19-12-9-13-20(16-19)25-30(28,29)21-14-7-4-8-15-21/h3-16,22,25H,17H2,1-2H3,(H,24,27)/p+1/t22-/m1/s1. The lowest BCUT2D eigenvalue weighted by Gasteiger charge is -2.21. The number of hydrogen-bond acceptors (Lipinski definition) is 3. The number of quaternary nitrogens is 1. The van der Waals surface area contributed by atoms with E-state index in [1.807, 2.05) is 44.4 Å². The van der Waals surface area contributed by atoms with E-state index in [0.29, 0.717) is 11.3 Å². The highest BCUT2D eigenvalue weighted by molar-refractivity contribution is 7.92. The lowest BCUT2D eigenvalue weighted by atomic mass is 10.1. The van der Waals surface area contributed by atoms with E-state index >= 15 is 0 Å². The van der Waals surface area contributed by atoms with Crippen LogP contribution in [-0.2, 0) is 10.0 Å². The molecule has 0 radical (unpaired) electrons. The lowest BCUT2D eigenvalue weighted by molar-refractivity contribution is -0.860. The molecule has 0 saturated heterocycles. The van der Waals surface area contributed by atoms with Crippen molar-refractivity contribution in [1.82, 2.24) is 5.32 Å². The third-order valence-corrected chi connectivity index (χ3v) is 5.95. The highest BCUT2D eigenvalue weighted by Gasteiger charge is 2.19. The summed E-state index contributed by atoms with van der Waals surface area (Å²) in [5.74, 6) is -0.258. The van der Waals surface area contributed by atoms with Gasteiger partial charge in [0, 0.05) is 11.3 Å². The molecule has 0 aliphatic heterocycles. The van der Waals surface area contributed by atoms with Crippen LogP contribution in [0.3, 0.4) is 0 Å². The average molecular weight is 425 g/mol. The van der Waals surface area contributed by atoms with Crippen LogP contribution in [0.4, 0.5) is 5.69 Å². The number of likely N-dealkylation sites (N-methyl/N-ethyl adjacent to an activating group) is 1. The molecule has 0 unspecified atom stereocenters. The Hall–Kier alpha value is -3.16. The highest BCUT2D eigenvalue weighted by Crippen LogP contribution is 2.18. The van der Waals surface area contributed by atoms with Gasteiger partial charge in [-0.1, -0.05) is 54.6 Å². The molecule has 3 aromatic carbocycles. The van der Waals surface area contributed by atoms with Crippen LogP contribution >= 0.6 is 0 Å². The van der Waals surface area contributed by atoms with Crippen molar-refractivity contribution < 1.29 is 18.1 Å². The molecule has 3 aromatic rings. The van der Waals surface area contributed by atoms with Crippen molar-refractivity contribution in [3.8, 4) is 0 Å². The Labute approximate surface area is 177 Å². The molecule has 3 N–H and O–H groups in total. The Morgan fingerprint density at radius 2 is 1.53 bits per heavy atom. The molecule has 0 bridgehead atoms. The minimum absolute atomic E-state index is 0.159. The fourth-order valence-electron chi connectivity index (χ4n) is 3.13.